The largest absolute Gasteiger partial charge is 0.508 e. The van der Waals surface area contributed by atoms with Gasteiger partial charge < -0.3 is 40.3 Å². The Morgan fingerprint density at radius 1 is 0.915 bits per heavy atom. The number of hydrogen-bond acceptors (Lipinski definition) is 7. The minimum Gasteiger partial charge on any atom is -0.508 e. The van der Waals surface area contributed by atoms with Crippen molar-refractivity contribution in [3.8, 4) is 5.75 Å². The maximum Gasteiger partial charge on any atom is 0.319 e. The van der Waals surface area contributed by atoms with Gasteiger partial charge in [-0.2, -0.15) is 0 Å². The highest BCUT2D eigenvalue weighted by molar-refractivity contribution is 5.89. The van der Waals surface area contributed by atoms with Gasteiger partial charge in [-0.05, 0) is 104 Å². The predicted molar refractivity (Wildman–Crippen MR) is 178 cm³/mol. The van der Waals surface area contributed by atoms with Gasteiger partial charge in [-0.3, -0.25) is 0 Å². The number of phenols is 1. The molecule has 4 bridgehead atoms. The van der Waals surface area contributed by atoms with Gasteiger partial charge in [-0.1, -0.05) is 48.5 Å². The Hall–Kier alpha value is -3.47. The first kappa shape index (κ1) is 32.1. The summed E-state index contributed by atoms with van der Waals surface area (Å²) in [6.07, 6.45) is 6.13. The van der Waals surface area contributed by atoms with Crippen molar-refractivity contribution in [1.29, 1.82) is 0 Å². The summed E-state index contributed by atoms with van der Waals surface area (Å²) in [6, 6.07) is 22.0. The van der Waals surface area contributed by atoms with Gasteiger partial charge in [0, 0.05) is 36.3 Å². The Morgan fingerprint density at radius 2 is 1.57 bits per heavy atom. The number of amides is 2. The zero-order valence-corrected chi connectivity index (χ0v) is 27.1. The second-order valence-electron chi connectivity index (χ2n) is 14.6. The van der Waals surface area contributed by atoms with Gasteiger partial charge in [0.25, 0.3) is 0 Å². The first-order valence-corrected chi connectivity index (χ1v) is 17.1. The van der Waals surface area contributed by atoms with Crippen molar-refractivity contribution in [2.75, 3.05) is 25.5 Å². The summed E-state index contributed by atoms with van der Waals surface area (Å²) in [5.41, 5.74) is 4.02. The third kappa shape index (κ3) is 7.50. The number of anilines is 1. The lowest BCUT2D eigenvalue weighted by Gasteiger charge is -2.56. The van der Waals surface area contributed by atoms with E-state index in [-0.39, 0.29) is 36.1 Å². The molecule has 1 aliphatic heterocycles. The molecule has 0 radical (unpaired) electrons. The zero-order valence-electron chi connectivity index (χ0n) is 27.1. The second kappa shape index (κ2) is 13.6. The molecule has 0 unspecified atom stereocenters. The molecule has 3 aromatic rings. The van der Waals surface area contributed by atoms with Crippen molar-refractivity contribution in [1.82, 2.24) is 10.2 Å². The van der Waals surface area contributed by atoms with Crippen LogP contribution in [-0.4, -0.2) is 58.0 Å². The maximum atomic E-state index is 13.1. The maximum absolute atomic E-state index is 13.1. The summed E-state index contributed by atoms with van der Waals surface area (Å²) in [5, 5.41) is 36.6. The molecule has 3 aromatic carbocycles. The molecule has 1 saturated heterocycles. The molecule has 0 spiro atoms. The first-order valence-electron chi connectivity index (χ1n) is 17.1. The van der Waals surface area contributed by atoms with E-state index in [0.717, 1.165) is 59.4 Å². The average molecular weight is 642 g/mol. The van der Waals surface area contributed by atoms with E-state index >= 15 is 0 Å². The number of likely N-dealkylation sites (N-methyl/N-ethyl adjacent to an activating group) is 1. The highest BCUT2D eigenvalue weighted by Gasteiger charge is 2.51. The standard InChI is InChI=1S/C38H47N3O6/c1-41(22-34(44)30-3-2-4-32(43)16-30)21-33-17-35(28-7-5-24(23-42)6-8-28)47-36(46-33)29-9-11-31(12-10-29)39-37(45)40-38-18-25-13-26(19-38)15-27(14-25)20-38/h2-12,16,25-27,33-36,42-44H,13-15,17-23H2,1H3,(H2,39,40,45)/t25?,26?,27?,33-,34+,35+,36+,38?/m0/s1. The van der Waals surface area contributed by atoms with E-state index in [4.69, 9.17) is 9.47 Å². The fourth-order valence-corrected chi connectivity index (χ4v) is 8.98. The Morgan fingerprint density at radius 3 is 2.21 bits per heavy atom. The molecule has 0 aromatic heterocycles. The van der Waals surface area contributed by atoms with E-state index in [9.17, 15) is 20.1 Å². The van der Waals surface area contributed by atoms with Crippen LogP contribution in [0.1, 0.15) is 85.7 Å². The molecule has 1 heterocycles. The first-order chi connectivity index (χ1) is 22.7. The van der Waals surface area contributed by atoms with Crippen LogP contribution in [0.25, 0.3) is 0 Å². The highest BCUT2D eigenvalue weighted by Crippen LogP contribution is 2.55. The summed E-state index contributed by atoms with van der Waals surface area (Å²) in [4.78, 5) is 15.2. The van der Waals surface area contributed by atoms with Crippen LogP contribution < -0.4 is 10.6 Å². The molecule has 47 heavy (non-hydrogen) atoms. The fraction of sp³-hybridized carbons (Fsp3) is 0.500. The number of aromatic hydroxyl groups is 1. The second-order valence-corrected chi connectivity index (χ2v) is 14.6. The number of hydrogen-bond donors (Lipinski definition) is 5. The molecule has 5 aliphatic rings. The smallest absolute Gasteiger partial charge is 0.319 e. The quantitative estimate of drug-likeness (QED) is 0.179. The van der Waals surface area contributed by atoms with Gasteiger partial charge >= 0.3 is 6.03 Å². The number of rotatable bonds is 10. The molecule has 4 atom stereocenters. The molecule has 8 rings (SSSR count). The van der Waals surface area contributed by atoms with Crippen LogP contribution in [0.4, 0.5) is 10.5 Å². The van der Waals surface area contributed by atoms with Gasteiger partial charge in [0.05, 0.1) is 24.9 Å². The highest BCUT2D eigenvalue weighted by atomic mass is 16.7. The van der Waals surface area contributed by atoms with Crippen LogP contribution in [0.2, 0.25) is 0 Å². The third-order valence-corrected chi connectivity index (χ3v) is 10.7. The number of carbonyl (C=O) groups is 1. The molecule has 5 fully saturated rings. The minimum absolute atomic E-state index is 0.0204. The monoisotopic (exact) mass is 641 g/mol. The number of carbonyl (C=O) groups excluding carboxylic acids is 1. The number of phenolic OH excluding ortho intramolecular Hbond substituents is 1. The number of urea groups is 1. The van der Waals surface area contributed by atoms with Gasteiger partial charge in [-0.15, -0.1) is 0 Å². The molecule has 9 heteroatoms. The predicted octanol–water partition coefficient (Wildman–Crippen LogP) is 6.19. The molecule has 250 valence electrons. The van der Waals surface area contributed by atoms with Crippen molar-refractivity contribution >= 4 is 11.7 Å². The van der Waals surface area contributed by atoms with Crippen LogP contribution in [0.5, 0.6) is 5.75 Å². The van der Waals surface area contributed by atoms with Crippen LogP contribution in [0.3, 0.4) is 0 Å². The average Bonchev–Trinajstić information content (AvgIpc) is 3.04. The van der Waals surface area contributed by atoms with E-state index in [1.165, 1.54) is 19.3 Å². The SMILES string of the molecule is CN(C[C@@H]1C[C@H](c2ccc(CO)cc2)O[C@H](c2ccc(NC(=O)NC34CC5CC(CC(C5)C3)C4)cc2)O1)C[C@@H](O)c1cccc(O)c1. The van der Waals surface area contributed by atoms with E-state index in [1.807, 2.05) is 60.5 Å². The van der Waals surface area contributed by atoms with Crippen LogP contribution in [0, 0.1) is 17.8 Å². The van der Waals surface area contributed by atoms with Gasteiger partial charge in [0.15, 0.2) is 6.29 Å². The Balaban J connectivity index is 1.01. The lowest BCUT2D eigenvalue weighted by atomic mass is 9.53. The molecule has 9 nitrogen and oxygen atoms in total. The van der Waals surface area contributed by atoms with Crippen molar-refractivity contribution in [3.63, 3.8) is 0 Å². The normalized spacial score (nSPS) is 30.3. The molecular weight excluding hydrogens is 594 g/mol. The van der Waals surface area contributed by atoms with E-state index in [0.29, 0.717) is 25.1 Å². The number of benzene rings is 3. The zero-order chi connectivity index (χ0) is 32.5. The van der Waals surface area contributed by atoms with Crippen molar-refractivity contribution in [2.45, 2.75) is 81.7 Å². The fourth-order valence-electron chi connectivity index (χ4n) is 8.98. The van der Waals surface area contributed by atoms with Gasteiger partial charge in [0.2, 0.25) is 0 Å². The Bertz CT molecular complexity index is 1490. The Labute approximate surface area is 276 Å². The topological polar surface area (TPSA) is 124 Å². The van der Waals surface area contributed by atoms with Crippen LogP contribution in [-0.2, 0) is 16.1 Å². The van der Waals surface area contributed by atoms with Crippen molar-refractivity contribution in [2.24, 2.45) is 17.8 Å². The summed E-state index contributed by atoms with van der Waals surface area (Å²) < 4.78 is 13.0. The summed E-state index contributed by atoms with van der Waals surface area (Å²) in [7, 11) is 1.94. The van der Waals surface area contributed by atoms with Gasteiger partial charge in [-0.25, -0.2) is 4.79 Å². The number of nitrogens with one attached hydrogen (secondary N) is 2. The van der Waals surface area contributed by atoms with Crippen molar-refractivity contribution in [3.05, 3.63) is 95.1 Å². The summed E-state index contributed by atoms with van der Waals surface area (Å²) in [5.74, 6) is 2.42. The summed E-state index contributed by atoms with van der Waals surface area (Å²) in [6.45, 7) is 0.912. The molecule has 4 saturated carbocycles. The van der Waals surface area contributed by atoms with E-state index < -0.39 is 12.4 Å². The Kier molecular flexibility index (Phi) is 9.26. The van der Waals surface area contributed by atoms with Crippen LogP contribution >= 0.6 is 0 Å². The number of nitrogens with zero attached hydrogens (tertiary/aromatic N) is 1. The molecule has 4 aliphatic carbocycles. The van der Waals surface area contributed by atoms with Gasteiger partial charge in [0.1, 0.15) is 5.75 Å². The van der Waals surface area contributed by atoms with E-state index in [2.05, 4.69) is 10.6 Å². The summed E-state index contributed by atoms with van der Waals surface area (Å²) >= 11 is 0. The number of ether oxygens (including phenoxy) is 2. The molecule has 2 amide bonds. The minimum atomic E-state index is -0.759. The van der Waals surface area contributed by atoms with Crippen molar-refractivity contribution < 1.29 is 29.6 Å². The van der Waals surface area contributed by atoms with Crippen LogP contribution in [0.15, 0.2) is 72.8 Å². The third-order valence-electron chi connectivity index (χ3n) is 10.7. The lowest BCUT2D eigenvalue weighted by molar-refractivity contribution is -0.252. The lowest BCUT2D eigenvalue weighted by Crippen LogP contribution is -2.60. The van der Waals surface area contributed by atoms with E-state index in [1.54, 1.807) is 24.3 Å². The molecule has 5 N–H and O–H groups in total. The number of aliphatic hydroxyl groups is 2. The molecular formula is C38H47N3O6. The number of aliphatic hydroxyl groups excluding tert-OH is 2.